The van der Waals surface area contributed by atoms with E-state index in [0.29, 0.717) is 12.8 Å². The zero-order valence-corrected chi connectivity index (χ0v) is 40.5. The number of ether oxygens (including phenoxy) is 6. The molecule has 4 unspecified atom stereocenters. The topological polar surface area (TPSA) is 231 Å². The maximum atomic E-state index is 12.9. The second kappa shape index (κ2) is 38.4. The normalized spacial score (nSPS) is 26.3. The summed E-state index contributed by atoms with van der Waals surface area (Å²) >= 11 is 0. The van der Waals surface area contributed by atoms with E-state index in [1.165, 1.54) is 135 Å². The van der Waals surface area contributed by atoms with Gasteiger partial charge in [0.05, 0.1) is 19.8 Å². The van der Waals surface area contributed by atoms with Crippen molar-refractivity contribution in [3.8, 4) is 0 Å². The smallest absolute Gasteiger partial charge is 0.306 e. The minimum atomic E-state index is -1.76. The molecule has 2 heterocycles. The zero-order valence-electron chi connectivity index (χ0n) is 40.5. The summed E-state index contributed by atoms with van der Waals surface area (Å²) in [7, 11) is 0. The molecule has 0 radical (unpaired) electrons. The van der Waals surface area contributed by atoms with E-state index in [0.717, 1.165) is 38.5 Å². The van der Waals surface area contributed by atoms with Gasteiger partial charge in [0.25, 0.3) is 0 Å². The fourth-order valence-corrected chi connectivity index (χ4v) is 8.51. The van der Waals surface area contributed by atoms with E-state index in [2.05, 4.69) is 13.8 Å². The Kier molecular flexibility index (Phi) is 35.2. The van der Waals surface area contributed by atoms with E-state index >= 15 is 0 Å². The summed E-state index contributed by atoms with van der Waals surface area (Å²) in [6, 6.07) is 0. The van der Waals surface area contributed by atoms with Crippen LogP contribution in [0, 0.1) is 0 Å². The van der Waals surface area contributed by atoms with Crippen molar-refractivity contribution in [1.29, 1.82) is 0 Å². The highest BCUT2D eigenvalue weighted by Gasteiger charge is 2.47. The van der Waals surface area contributed by atoms with Crippen LogP contribution in [-0.4, -0.2) is 142 Å². The average Bonchev–Trinajstić information content (AvgIpc) is 3.30. The maximum absolute atomic E-state index is 12.9. The Labute approximate surface area is 391 Å². The quantitative estimate of drug-likeness (QED) is 0.0237. The number of hydrogen-bond acceptors (Lipinski definition) is 15. The van der Waals surface area contributed by atoms with E-state index in [4.69, 9.17) is 28.4 Å². The maximum Gasteiger partial charge on any atom is 0.306 e. The zero-order chi connectivity index (χ0) is 47.5. The van der Waals surface area contributed by atoms with Crippen molar-refractivity contribution in [3.05, 3.63) is 0 Å². The molecule has 2 aliphatic rings. The van der Waals surface area contributed by atoms with Gasteiger partial charge in [-0.3, -0.25) is 9.59 Å². The van der Waals surface area contributed by atoms with Gasteiger partial charge >= 0.3 is 11.9 Å². The largest absolute Gasteiger partial charge is 0.462 e. The number of aliphatic hydroxyl groups excluding tert-OH is 7. The first-order valence-electron chi connectivity index (χ1n) is 26.1. The molecule has 0 aromatic heterocycles. The average molecular weight is 935 g/mol. The summed E-state index contributed by atoms with van der Waals surface area (Å²) in [6.07, 6.45) is 18.8. The summed E-state index contributed by atoms with van der Waals surface area (Å²) < 4.78 is 33.5. The number of hydrogen-bond donors (Lipinski definition) is 7. The van der Waals surface area contributed by atoms with Gasteiger partial charge in [-0.15, -0.1) is 0 Å². The van der Waals surface area contributed by atoms with Gasteiger partial charge in [-0.2, -0.15) is 0 Å². The Morgan fingerprint density at radius 2 is 0.785 bits per heavy atom. The van der Waals surface area contributed by atoms with Gasteiger partial charge in [-0.25, -0.2) is 0 Å². The van der Waals surface area contributed by atoms with Gasteiger partial charge in [0.2, 0.25) is 0 Å². The van der Waals surface area contributed by atoms with Crippen LogP contribution < -0.4 is 0 Å². The van der Waals surface area contributed by atoms with Crippen LogP contribution in [0.2, 0.25) is 0 Å². The van der Waals surface area contributed by atoms with Gasteiger partial charge < -0.3 is 64.2 Å². The van der Waals surface area contributed by atoms with E-state index in [9.17, 15) is 45.3 Å². The lowest BCUT2D eigenvalue weighted by Gasteiger charge is -2.42. The molecule has 11 atom stereocenters. The first-order valence-corrected chi connectivity index (χ1v) is 26.1. The summed E-state index contributed by atoms with van der Waals surface area (Å²) in [6.45, 7) is 2.58. The molecule has 0 amide bonds. The number of esters is 2. The lowest BCUT2D eigenvalue weighted by atomic mass is 9.98. The van der Waals surface area contributed by atoms with Crippen LogP contribution in [0.25, 0.3) is 0 Å². The van der Waals surface area contributed by atoms with Gasteiger partial charge in [0, 0.05) is 12.8 Å². The molecule has 0 aliphatic carbocycles. The summed E-state index contributed by atoms with van der Waals surface area (Å²) in [4.78, 5) is 25.6. The third-order valence-electron chi connectivity index (χ3n) is 12.8. The van der Waals surface area contributed by atoms with Crippen molar-refractivity contribution in [2.24, 2.45) is 0 Å². The molecule has 15 heteroatoms. The van der Waals surface area contributed by atoms with Crippen LogP contribution in [-0.2, 0) is 38.0 Å². The Bertz CT molecular complexity index is 1150. The van der Waals surface area contributed by atoms with E-state index in [-0.39, 0.29) is 26.1 Å². The number of aliphatic hydroxyl groups is 7. The molecule has 2 saturated heterocycles. The lowest BCUT2D eigenvalue weighted by molar-refractivity contribution is -0.332. The van der Waals surface area contributed by atoms with Crippen molar-refractivity contribution in [2.45, 2.75) is 280 Å². The van der Waals surface area contributed by atoms with Crippen molar-refractivity contribution in [2.75, 3.05) is 26.4 Å². The molecule has 7 N–H and O–H groups in total. The molecule has 65 heavy (non-hydrogen) atoms. The Morgan fingerprint density at radius 3 is 1.20 bits per heavy atom. The first-order chi connectivity index (χ1) is 31.5. The fraction of sp³-hybridized carbons (Fsp3) is 0.960. The van der Waals surface area contributed by atoms with Crippen molar-refractivity contribution in [3.63, 3.8) is 0 Å². The minimum absolute atomic E-state index is 0.170. The molecule has 0 aromatic rings. The second-order valence-corrected chi connectivity index (χ2v) is 18.7. The molecule has 15 nitrogen and oxygen atoms in total. The third-order valence-corrected chi connectivity index (χ3v) is 12.8. The number of unbranched alkanes of at least 4 members (excludes halogenated alkanes) is 27. The van der Waals surface area contributed by atoms with Gasteiger partial charge in [0.15, 0.2) is 18.7 Å². The molecule has 384 valence electrons. The van der Waals surface area contributed by atoms with Gasteiger partial charge in [0.1, 0.15) is 55.4 Å². The molecule has 2 fully saturated rings. The van der Waals surface area contributed by atoms with Crippen LogP contribution in [0.3, 0.4) is 0 Å². The van der Waals surface area contributed by atoms with Crippen LogP contribution >= 0.6 is 0 Å². The summed E-state index contributed by atoms with van der Waals surface area (Å²) in [5.74, 6) is -0.916. The van der Waals surface area contributed by atoms with E-state index in [1.807, 2.05) is 0 Å². The molecule has 2 rings (SSSR count). The van der Waals surface area contributed by atoms with E-state index < -0.39 is 92.7 Å². The highest BCUT2D eigenvalue weighted by Crippen LogP contribution is 2.27. The van der Waals surface area contributed by atoms with E-state index in [1.54, 1.807) is 0 Å². The fourth-order valence-electron chi connectivity index (χ4n) is 8.51. The van der Waals surface area contributed by atoms with Crippen LogP contribution in [0.5, 0.6) is 0 Å². The first kappa shape index (κ1) is 59.6. The predicted molar refractivity (Wildman–Crippen MR) is 248 cm³/mol. The standard InChI is InChI=1S/C50H94O15/c1-3-5-7-9-11-13-14-15-16-17-18-19-20-21-22-23-24-25-27-28-30-32-41(52)60-35-38(63-42(53)33-31-29-26-12-10-8-6-4-2)36-61-49-48(59)46(57)44(55)40(65-49)37-62-50-47(58)45(56)43(54)39(34-51)64-50/h38-40,43-51,54-59H,3-37H2,1-2H3/t38-,39+,40+,43-,44-,45?,46?,47?,48?,49+,50+/m0/s1. The Balaban J connectivity index is 1.71. The van der Waals surface area contributed by atoms with Gasteiger partial charge in [-0.05, 0) is 12.8 Å². The molecule has 0 bridgehead atoms. The SMILES string of the molecule is CCCCCCCCCCCCCCCCCCCCCCCC(=O)OC[C@@H](CO[C@@H]1O[C@H](CO[C@@H]2O[C@H](CO)[C@H](O)C(O)C2O)[C@H](O)C(O)C1O)OC(=O)CCCCCCCCCC. The summed E-state index contributed by atoms with van der Waals surface area (Å²) in [5.41, 5.74) is 0. The monoisotopic (exact) mass is 935 g/mol. The predicted octanol–water partition coefficient (Wildman–Crippen LogP) is 7.22. The minimum Gasteiger partial charge on any atom is -0.462 e. The molecule has 0 saturated carbocycles. The second-order valence-electron chi connectivity index (χ2n) is 18.7. The molecule has 0 aromatic carbocycles. The third kappa shape index (κ3) is 26.7. The van der Waals surface area contributed by atoms with Crippen LogP contribution in [0.4, 0.5) is 0 Å². The van der Waals surface area contributed by atoms with Crippen LogP contribution in [0.15, 0.2) is 0 Å². The lowest BCUT2D eigenvalue weighted by Crippen LogP contribution is -2.61. The number of carbonyl (C=O) groups is 2. The van der Waals surface area contributed by atoms with Crippen LogP contribution in [0.1, 0.15) is 213 Å². The summed E-state index contributed by atoms with van der Waals surface area (Å²) in [5, 5.41) is 71.9. The molecule has 2 aliphatic heterocycles. The van der Waals surface area contributed by atoms with Crippen molar-refractivity contribution < 1.29 is 73.8 Å². The highest BCUT2D eigenvalue weighted by atomic mass is 16.7. The highest BCUT2D eigenvalue weighted by molar-refractivity contribution is 5.70. The van der Waals surface area contributed by atoms with Crippen molar-refractivity contribution in [1.82, 2.24) is 0 Å². The van der Waals surface area contributed by atoms with Crippen molar-refractivity contribution >= 4 is 11.9 Å². The molecule has 0 spiro atoms. The number of carbonyl (C=O) groups excluding carboxylic acids is 2. The Hall–Kier alpha value is -1.50. The van der Waals surface area contributed by atoms with Gasteiger partial charge in [-0.1, -0.05) is 187 Å². The number of rotatable bonds is 41. The Morgan fingerprint density at radius 1 is 0.431 bits per heavy atom. The molecular formula is C50H94O15. The molecular weight excluding hydrogens is 841 g/mol.